The third-order valence-corrected chi connectivity index (χ3v) is 6.96. The standard InChI is InChI=1S/C22H24N4O3S/c1-30(28,29)20-9-7-17(13-24-20)15-4-2-14(3-5-15)10-19(12-23)26-22(27)21-16-6-8-18(11-16)25-21/h2-5,7,9,13,16,18-19,21,25H,6,8,10-11H2,1H3,(H,26,27). The number of nitrogens with zero attached hydrogens (tertiary/aromatic N) is 2. The van der Waals surface area contributed by atoms with Crippen LogP contribution < -0.4 is 10.6 Å². The molecule has 4 rings (SSSR count). The van der Waals surface area contributed by atoms with Crippen molar-refractivity contribution < 1.29 is 13.2 Å². The number of amides is 1. The van der Waals surface area contributed by atoms with Crippen molar-refractivity contribution in [1.29, 1.82) is 5.26 Å². The molecule has 1 saturated heterocycles. The molecule has 1 saturated carbocycles. The van der Waals surface area contributed by atoms with Gasteiger partial charge in [0.15, 0.2) is 14.9 Å². The number of fused-ring (bicyclic) bond motifs is 2. The van der Waals surface area contributed by atoms with E-state index in [0.717, 1.165) is 42.2 Å². The lowest BCUT2D eigenvalue weighted by Gasteiger charge is -2.23. The minimum Gasteiger partial charge on any atom is -0.339 e. The van der Waals surface area contributed by atoms with Crippen LogP contribution in [0.25, 0.3) is 11.1 Å². The molecule has 30 heavy (non-hydrogen) atoms. The molecule has 0 spiro atoms. The molecule has 4 atom stereocenters. The molecule has 1 aliphatic heterocycles. The monoisotopic (exact) mass is 424 g/mol. The summed E-state index contributed by atoms with van der Waals surface area (Å²) in [6, 6.07) is 12.7. The van der Waals surface area contributed by atoms with E-state index in [2.05, 4.69) is 21.7 Å². The van der Waals surface area contributed by atoms with Crippen molar-refractivity contribution in [2.45, 2.75) is 48.8 Å². The summed E-state index contributed by atoms with van der Waals surface area (Å²) in [5.41, 5.74) is 2.64. The van der Waals surface area contributed by atoms with Crippen LogP contribution in [-0.4, -0.2) is 43.7 Å². The first-order chi connectivity index (χ1) is 14.3. The highest BCUT2D eigenvalue weighted by Crippen LogP contribution is 2.35. The van der Waals surface area contributed by atoms with Crippen LogP contribution in [-0.2, 0) is 21.1 Å². The maximum Gasteiger partial charge on any atom is 0.238 e. The van der Waals surface area contributed by atoms with E-state index in [1.807, 2.05) is 24.3 Å². The van der Waals surface area contributed by atoms with Crippen molar-refractivity contribution in [3.8, 4) is 17.2 Å². The van der Waals surface area contributed by atoms with Crippen LogP contribution in [0.2, 0.25) is 0 Å². The average Bonchev–Trinajstić information content (AvgIpc) is 3.37. The van der Waals surface area contributed by atoms with E-state index in [9.17, 15) is 18.5 Å². The number of piperidine rings is 1. The second kappa shape index (κ2) is 8.17. The number of hydrogen-bond donors (Lipinski definition) is 2. The number of hydrogen-bond acceptors (Lipinski definition) is 6. The average molecular weight is 425 g/mol. The molecule has 1 aliphatic carbocycles. The number of aromatic nitrogens is 1. The van der Waals surface area contributed by atoms with E-state index in [0.29, 0.717) is 18.4 Å². The van der Waals surface area contributed by atoms with E-state index in [4.69, 9.17) is 0 Å². The number of carbonyl (C=O) groups excluding carboxylic acids is 1. The van der Waals surface area contributed by atoms with Gasteiger partial charge in [0.25, 0.3) is 0 Å². The second-order valence-electron chi connectivity index (χ2n) is 8.16. The van der Waals surface area contributed by atoms with Crippen molar-refractivity contribution in [3.63, 3.8) is 0 Å². The Morgan fingerprint density at radius 3 is 2.50 bits per heavy atom. The van der Waals surface area contributed by atoms with Gasteiger partial charge in [0.1, 0.15) is 6.04 Å². The van der Waals surface area contributed by atoms with Gasteiger partial charge in [-0.25, -0.2) is 13.4 Å². The molecule has 2 fully saturated rings. The minimum atomic E-state index is -3.32. The van der Waals surface area contributed by atoms with E-state index in [1.165, 1.54) is 12.3 Å². The van der Waals surface area contributed by atoms with Crippen molar-refractivity contribution >= 4 is 15.7 Å². The van der Waals surface area contributed by atoms with Crippen LogP contribution in [0.1, 0.15) is 24.8 Å². The summed E-state index contributed by atoms with van der Waals surface area (Å²) in [5, 5.41) is 15.8. The summed E-state index contributed by atoms with van der Waals surface area (Å²) >= 11 is 0. The first-order valence-electron chi connectivity index (χ1n) is 10.0. The van der Waals surface area contributed by atoms with Crippen LogP contribution in [0.4, 0.5) is 0 Å². The zero-order valence-electron chi connectivity index (χ0n) is 16.7. The van der Waals surface area contributed by atoms with Crippen LogP contribution in [0.5, 0.6) is 0 Å². The molecule has 156 valence electrons. The summed E-state index contributed by atoms with van der Waals surface area (Å²) in [4.78, 5) is 16.6. The summed E-state index contributed by atoms with van der Waals surface area (Å²) in [7, 11) is -3.32. The number of nitriles is 1. The first kappa shape index (κ1) is 20.5. The van der Waals surface area contributed by atoms with E-state index in [-0.39, 0.29) is 17.0 Å². The van der Waals surface area contributed by atoms with E-state index >= 15 is 0 Å². The number of benzene rings is 1. The first-order valence-corrected chi connectivity index (χ1v) is 11.9. The fourth-order valence-corrected chi connectivity index (χ4v) is 4.94. The molecule has 4 unspecified atom stereocenters. The molecular weight excluding hydrogens is 400 g/mol. The fourth-order valence-electron chi connectivity index (χ4n) is 4.38. The minimum absolute atomic E-state index is 0.0421. The number of pyridine rings is 1. The third-order valence-electron chi connectivity index (χ3n) is 5.96. The van der Waals surface area contributed by atoms with Gasteiger partial charge >= 0.3 is 0 Å². The van der Waals surface area contributed by atoms with E-state index in [1.54, 1.807) is 6.07 Å². The molecule has 1 aromatic heterocycles. The number of rotatable bonds is 6. The van der Waals surface area contributed by atoms with Crippen molar-refractivity contribution in [2.75, 3.05) is 6.26 Å². The molecule has 1 amide bonds. The molecule has 7 nitrogen and oxygen atoms in total. The molecule has 0 radical (unpaired) electrons. The van der Waals surface area contributed by atoms with Crippen LogP contribution in [0, 0.1) is 17.2 Å². The summed E-state index contributed by atoms with van der Waals surface area (Å²) in [6.07, 6.45) is 6.35. The Hall–Kier alpha value is -2.76. The molecule has 1 aromatic carbocycles. The van der Waals surface area contributed by atoms with Gasteiger partial charge in [-0.1, -0.05) is 24.3 Å². The van der Waals surface area contributed by atoms with Gasteiger partial charge in [-0.3, -0.25) is 4.79 Å². The van der Waals surface area contributed by atoms with Crippen molar-refractivity contribution in [3.05, 3.63) is 48.2 Å². The predicted octanol–water partition coefficient (Wildman–Crippen LogP) is 1.84. The molecule has 2 heterocycles. The number of sulfone groups is 1. The SMILES string of the molecule is CS(=O)(=O)c1ccc(-c2ccc(CC(C#N)NC(=O)C3NC4CCC3C4)cc2)cn1. The van der Waals surface area contributed by atoms with Gasteiger partial charge in [-0.05, 0) is 48.4 Å². The van der Waals surface area contributed by atoms with Crippen LogP contribution in [0.15, 0.2) is 47.6 Å². The lowest BCUT2D eigenvalue weighted by molar-refractivity contribution is -0.124. The molecule has 2 aliphatic rings. The van der Waals surface area contributed by atoms with Gasteiger partial charge in [-0.2, -0.15) is 5.26 Å². The normalized spacial score (nSPS) is 23.7. The van der Waals surface area contributed by atoms with Crippen LogP contribution >= 0.6 is 0 Å². The van der Waals surface area contributed by atoms with Crippen LogP contribution in [0.3, 0.4) is 0 Å². The summed E-state index contributed by atoms with van der Waals surface area (Å²) < 4.78 is 23.1. The number of carbonyl (C=O) groups is 1. The quantitative estimate of drug-likeness (QED) is 0.732. The van der Waals surface area contributed by atoms with E-state index < -0.39 is 15.9 Å². The highest BCUT2D eigenvalue weighted by Gasteiger charge is 2.43. The lowest BCUT2D eigenvalue weighted by Crippen LogP contribution is -2.50. The smallest absolute Gasteiger partial charge is 0.238 e. The number of nitrogens with one attached hydrogen (secondary N) is 2. The lowest BCUT2D eigenvalue weighted by atomic mass is 9.98. The molecule has 2 aromatic rings. The Bertz CT molecular complexity index is 1070. The summed E-state index contributed by atoms with van der Waals surface area (Å²) in [5.74, 6) is 0.304. The summed E-state index contributed by atoms with van der Waals surface area (Å²) in [6.45, 7) is 0. The third kappa shape index (κ3) is 4.37. The largest absolute Gasteiger partial charge is 0.339 e. The molecule has 2 N–H and O–H groups in total. The Morgan fingerprint density at radius 1 is 1.23 bits per heavy atom. The molecule has 8 heteroatoms. The Kier molecular flexibility index (Phi) is 5.58. The van der Waals surface area contributed by atoms with Crippen molar-refractivity contribution in [2.24, 2.45) is 5.92 Å². The van der Waals surface area contributed by atoms with Gasteiger partial charge in [0.05, 0.1) is 12.1 Å². The van der Waals surface area contributed by atoms with Gasteiger partial charge in [0.2, 0.25) is 5.91 Å². The maximum atomic E-state index is 12.6. The molecular formula is C22H24N4O3S. The predicted molar refractivity (Wildman–Crippen MR) is 112 cm³/mol. The second-order valence-corrected chi connectivity index (χ2v) is 10.1. The zero-order valence-corrected chi connectivity index (χ0v) is 17.5. The van der Waals surface area contributed by atoms with Gasteiger partial charge in [0, 0.05) is 30.5 Å². The Balaban J connectivity index is 1.38. The Labute approximate surface area is 176 Å². The maximum absolute atomic E-state index is 12.6. The van der Waals surface area contributed by atoms with Crippen molar-refractivity contribution in [1.82, 2.24) is 15.6 Å². The Morgan fingerprint density at radius 2 is 1.97 bits per heavy atom. The fraction of sp³-hybridized carbons (Fsp3) is 0.409. The van der Waals surface area contributed by atoms with Gasteiger partial charge in [-0.15, -0.1) is 0 Å². The highest BCUT2D eigenvalue weighted by molar-refractivity contribution is 7.90. The topological polar surface area (TPSA) is 112 Å². The highest BCUT2D eigenvalue weighted by atomic mass is 32.2. The van der Waals surface area contributed by atoms with Gasteiger partial charge < -0.3 is 10.6 Å². The molecule has 2 bridgehead atoms. The zero-order chi connectivity index (χ0) is 21.3.